The van der Waals surface area contributed by atoms with Crippen molar-refractivity contribution in [2.75, 3.05) is 13.2 Å². The second-order valence-corrected chi connectivity index (χ2v) is 21.0. The predicted octanol–water partition coefficient (Wildman–Crippen LogP) is 18.3. The summed E-state index contributed by atoms with van der Waals surface area (Å²) in [5, 5.41) is 0. The molecule has 0 aromatic rings. The van der Waals surface area contributed by atoms with E-state index < -0.39 is 6.10 Å². The van der Waals surface area contributed by atoms with Crippen LogP contribution in [0.25, 0.3) is 0 Å². The Balaban J connectivity index is 4.26. The fourth-order valence-corrected chi connectivity index (χ4v) is 8.65. The maximum Gasteiger partial charge on any atom is 0.306 e. The summed E-state index contributed by atoms with van der Waals surface area (Å²) in [4.78, 5) is 38.0. The van der Waals surface area contributed by atoms with Crippen LogP contribution in [0.15, 0.2) is 0 Å². The van der Waals surface area contributed by atoms with Gasteiger partial charge in [-0.3, -0.25) is 14.4 Å². The van der Waals surface area contributed by atoms with Crippen molar-refractivity contribution in [2.24, 2.45) is 17.8 Å². The molecule has 6 heteroatoms. The second-order valence-electron chi connectivity index (χ2n) is 21.0. The van der Waals surface area contributed by atoms with Crippen LogP contribution in [-0.2, 0) is 28.6 Å². The zero-order chi connectivity index (χ0) is 46.3. The molecule has 0 spiro atoms. The van der Waals surface area contributed by atoms with Crippen LogP contribution in [0.3, 0.4) is 0 Å². The molecule has 0 aliphatic rings. The smallest absolute Gasteiger partial charge is 0.306 e. The zero-order valence-corrected chi connectivity index (χ0v) is 43.4. The van der Waals surface area contributed by atoms with Gasteiger partial charge in [0.1, 0.15) is 13.2 Å². The van der Waals surface area contributed by atoms with E-state index in [1.807, 2.05) is 0 Å². The van der Waals surface area contributed by atoms with Gasteiger partial charge in [0, 0.05) is 19.3 Å². The van der Waals surface area contributed by atoms with E-state index in [9.17, 15) is 14.4 Å². The Kier molecular flexibility index (Phi) is 47.1. The van der Waals surface area contributed by atoms with E-state index in [0.29, 0.717) is 19.3 Å². The van der Waals surface area contributed by atoms with Crippen molar-refractivity contribution in [3.8, 4) is 0 Å². The number of rotatable bonds is 50. The summed E-state index contributed by atoms with van der Waals surface area (Å²) >= 11 is 0. The normalized spacial score (nSPS) is 12.1. The molecule has 0 aliphatic carbocycles. The third kappa shape index (κ3) is 51.3. The van der Waals surface area contributed by atoms with E-state index in [0.717, 1.165) is 75.5 Å². The number of hydrogen-bond donors (Lipinski definition) is 0. The number of esters is 3. The molecule has 0 aromatic carbocycles. The standard InChI is InChI=1S/C57H110O6/c1-51(2)43-37-31-25-20-16-12-8-7-9-15-19-23-29-36-42-48-57(60)63-54(50-62-56(59)47-41-35-30-24-27-33-39-45-53(5)6)49-61-55(58)46-40-34-28-22-18-14-11-10-13-17-21-26-32-38-44-52(3)4/h51-54H,7-50H2,1-6H3/t54-/m1/s1. The van der Waals surface area contributed by atoms with Crippen LogP contribution in [0, 0.1) is 17.8 Å². The molecule has 0 fully saturated rings. The van der Waals surface area contributed by atoms with Crippen LogP contribution >= 0.6 is 0 Å². The first-order chi connectivity index (χ1) is 30.6. The molecule has 0 N–H and O–H groups in total. The Morgan fingerprint density at radius 2 is 0.460 bits per heavy atom. The van der Waals surface area contributed by atoms with E-state index in [-0.39, 0.29) is 31.1 Å². The van der Waals surface area contributed by atoms with Gasteiger partial charge < -0.3 is 14.2 Å². The summed E-state index contributed by atoms with van der Waals surface area (Å²) < 4.78 is 16.8. The maximum atomic E-state index is 12.8. The van der Waals surface area contributed by atoms with E-state index in [1.54, 1.807) is 0 Å². The molecule has 0 amide bonds. The molecule has 0 unspecified atom stereocenters. The van der Waals surface area contributed by atoms with Crippen LogP contribution < -0.4 is 0 Å². The first kappa shape index (κ1) is 61.4. The third-order valence-electron chi connectivity index (χ3n) is 12.9. The van der Waals surface area contributed by atoms with Gasteiger partial charge in [-0.15, -0.1) is 0 Å². The molecule has 0 aliphatic heterocycles. The topological polar surface area (TPSA) is 78.9 Å². The van der Waals surface area contributed by atoms with E-state index in [4.69, 9.17) is 14.2 Å². The number of unbranched alkanes of at least 4 members (excludes halogenated alkanes) is 33. The summed E-state index contributed by atoms with van der Waals surface area (Å²) in [6, 6.07) is 0. The number of ether oxygens (including phenoxy) is 3. The lowest BCUT2D eigenvalue weighted by Gasteiger charge is -2.18. The van der Waals surface area contributed by atoms with Crippen molar-refractivity contribution in [3.63, 3.8) is 0 Å². The van der Waals surface area contributed by atoms with Crippen LogP contribution in [0.1, 0.15) is 311 Å². The average Bonchev–Trinajstić information content (AvgIpc) is 3.24. The minimum Gasteiger partial charge on any atom is -0.462 e. The fraction of sp³-hybridized carbons (Fsp3) is 0.947. The zero-order valence-electron chi connectivity index (χ0n) is 43.4. The van der Waals surface area contributed by atoms with Crippen molar-refractivity contribution in [1.82, 2.24) is 0 Å². The Bertz CT molecular complexity index is 976. The van der Waals surface area contributed by atoms with E-state index in [1.165, 1.54) is 193 Å². The molecule has 0 bridgehead atoms. The van der Waals surface area contributed by atoms with E-state index >= 15 is 0 Å². The largest absolute Gasteiger partial charge is 0.462 e. The van der Waals surface area contributed by atoms with Crippen molar-refractivity contribution in [2.45, 2.75) is 317 Å². The van der Waals surface area contributed by atoms with Crippen LogP contribution in [0.4, 0.5) is 0 Å². The van der Waals surface area contributed by atoms with Gasteiger partial charge in [-0.25, -0.2) is 0 Å². The first-order valence-electron chi connectivity index (χ1n) is 28.1. The average molecular weight is 892 g/mol. The quantitative estimate of drug-likeness (QED) is 0.0344. The molecule has 6 nitrogen and oxygen atoms in total. The monoisotopic (exact) mass is 891 g/mol. The van der Waals surface area contributed by atoms with Gasteiger partial charge in [0.2, 0.25) is 0 Å². The third-order valence-corrected chi connectivity index (χ3v) is 12.9. The van der Waals surface area contributed by atoms with Crippen LogP contribution in [-0.4, -0.2) is 37.2 Å². The molecular weight excluding hydrogens is 781 g/mol. The molecule has 0 saturated heterocycles. The van der Waals surface area contributed by atoms with Gasteiger partial charge in [0.25, 0.3) is 0 Å². The highest BCUT2D eigenvalue weighted by Gasteiger charge is 2.19. The molecule has 0 rings (SSSR count). The summed E-state index contributed by atoms with van der Waals surface area (Å²) in [7, 11) is 0. The van der Waals surface area contributed by atoms with Crippen molar-refractivity contribution < 1.29 is 28.6 Å². The highest BCUT2D eigenvalue weighted by Crippen LogP contribution is 2.18. The minimum atomic E-state index is -0.763. The molecule has 374 valence electrons. The fourth-order valence-electron chi connectivity index (χ4n) is 8.65. The second kappa shape index (κ2) is 48.3. The SMILES string of the molecule is CC(C)CCCCCCCCCCCCCCCCCC(=O)O[C@H](COC(=O)CCCCCCCCCCCCCCCCC(C)C)COC(=O)CCCCCCCCCC(C)C. The maximum absolute atomic E-state index is 12.8. The highest BCUT2D eigenvalue weighted by atomic mass is 16.6. The first-order valence-corrected chi connectivity index (χ1v) is 28.1. The van der Waals surface area contributed by atoms with Gasteiger partial charge in [-0.1, -0.05) is 273 Å². The Labute approximate surface area is 393 Å². The van der Waals surface area contributed by atoms with Crippen molar-refractivity contribution >= 4 is 17.9 Å². The van der Waals surface area contributed by atoms with Gasteiger partial charge >= 0.3 is 17.9 Å². The summed E-state index contributed by atoms with van der Waals surface area (Å²) in [6.45, 7) is 13.7. The Morgan fingerprint density at radius 1 is 0.270 bits per heavy atom. The Morgan fingerprint density at radius 3 is 0.683 bits per heavy atom. The lowest BCUT2D eigenvalue weighted by atomic mass is 10.0. The molecule has 0 heterocycles. The number of carbonyl (C=O) groups excluding carboxylic acids is 3. The summed E-state index contributed by atoms with van der Waals surface area (Å²) in [5.41, 5.74) is 0. The van der Waals surface area contributed by atoms with Crippen LogP contribution in [0.2, 0.25) is 0 Å². The highest BCUT2D eigenvalue weighted by molar-refractivity contribution is 5.71. The van der Waals surface area contributed by atoms with Crippen molar-refractivity contribution in [1.29, 1.82) is 0 Å². The van der Waals surface area contributed by atoms with Crippen LogP contribution in [0.5, 0.6) is 0 Å². The lowest BCUT2D eigenvalue weighted by Crippen LogP contribution is -2.30. The summed E-state index contributed by atoms with van der Waals surface area (Å²) in [6.07, 6.45) is 49.6. The molecule has 63 heavy (non-hydrogen) atoms. The van der Waals surface area contributed by atoms with E-state index in [2.05, 4.69) is 41.5 Å². The number of carbonyl (C=O) groups is 3. The number of hydrogen-bond acceptors (Lipinski definition) is 6. The lowest BCUT2D eigenvalue weighted by molar-refractivity contribution is -0.167. The van der Waals surface area contributed by atoms with Gasteiger partial charge in [-0.2, -0.15) is 0 Å². The van der Waals surface area contributed by atoms with Gasteiger partial charge in [-0.05, 0) is 37.0 Å². The molecule has 0 radical (unpaired) electrons. The molecule has 1 atom stereocenters. The minimum absolute atomic E-state index is 0.0642. The Hall–Kier alpha value is -1.59. The predicted molar refractivity (Wildman–Crippen MR) is 270 cm³/mol. The van der Waals surface area contributed by atoms with Gasteiger partial charge in [0.15, 0.2) is 6.10 Å². The summed E-state index contributed by atoms with van der Waals surface area (Å²) in [5.74, 6) is 1.63. The van der Waals surface area contributed by atoms with Crippen molar-refractivity contribution in [3.05, 3.63) is 0 Å². The molecule has 0 aromatic heterocycles. The molecule has 0 saturated carbocycles. The van der Waals surface area contributed by atoms with Gasteiger partial charge in [0.05, 0.1) is 0 Å². The molecular formula is C57H110O6.